The minimum absolute atomic E-state index is 0.276. The van der Waals surface area contributed by atoms with Gasteiger partial charge in [0.1, 0.15) is 11.9 Å². The van der Waals surface area contributed by atoms with Crippen molar-refractivity contribution in [2.24, 2.45) is 0 Å². The number of benzene rings is 1. The van der Waals surface area contributed by atoms with E-state index in [-0.39, 0.29) is 11.8 Å². The summed E-state index contributed by atoms with van der Waals surface area (Å²) in [5.41, 5.74) is 2.75. The number of carbonyl (C=O) groups excluding carboxylic acids is 1. The summed E-state index contributed by atoms with van der Waals surface area (Å²) in [5, 5.41) is 13.9. The lowest BCUT2D eigenvalue weighted by molar-refractivity contribution is 0.102. The highest BCUT2D eigenvalue weighted by atomic mass is 16.5. The molecule has 2 aromatic heterocycles. The average molecular weight is 310 g/mol. The molecule has 0 aliphatic rings. The van der Waals surface area contributed by atoms with Crippen LogP contribution >= 0.6 is 0 Å². The van der Waals surface area contributed by atoms with Gasteiger partial charge in [0.2, 0.25) is 5.88 Å². The van der Waals surface area contributed by atoms with Gasteiger partial charge in [-0.05, 0) is 47.2 Å². The molecular weight excluding hydrogens is 296 g/mol. The number of aryl methyl sites for hydroxylation is 1. The van der Waals surface area contributed by atoms with Crippen LogP contribution in [0.2, 0.25) is 0 Å². The first kappa shape index (κ1) is 14.6. The monoisotopic (exact) mass is 310 g/mol. The fourth-order valence-corrected chi connectivity index (χ4v) is 2.13. The molecule has 0 aliphatic carbocycles. The van der Waals surface area contributed by atoms with Gasteiger partial charge in [-0.1, -0.05) is 6.07 Å². The smallest absolute Gasteiger partial charge is 0.261 e. The zero-order valence-corrected chi connectivity index (χ0v) is 12.6. The SMILES string of the molecule is COc1ncccc1C(=O)Nc1ccc(C)c(-n2cnnn2)c1. The molecule has 3 aromatic rings. The van der Waals surface area contributed by atoms with Crippen LogP contribution in [-0.2, 0) is 0 Å². The van der Waals surface area contributed by atoms with Crippen LogP contribution in [0.1, 0.15) is 15.9 Å². The zero-order valence-electron chi connectivity index (χ0n) is 12.6. The molecule has 0 fully saturated rings. The van der Waals surface area contributed by atoms with Crippen LogP contribution in [0.15, 0.2) is 42.9 Å². The summed E-state index contributed by atoms with van der Waals surface area (Å²) in [7, 11) is 1.47. The molecular formula is C15H14N6O2. The number of ether oxygens (including phenoxy) is 1. The predicted octanol–water partition coefficient (Wildman–Crippen LogP) is 1.63. The van der Waals surface area contributed by atoms with Crippen LogP contribution in [0.5, 0.6) is 5.88 Å². The number of nitrogens with one attached hydrogen (secondary N) is 1. The third-order valence-electron chi connectivity index (χ3n) is 3.27. The van der Waals surface area contributed by atoms with Gasteiger partial charge >= 0.3 is 0 Å². The molecule has 0 radical (unpaired) electrons. The van der Waals surface area contributed by atoms with Gasteiger partial charge in [-0.3, -0.25) is 4.79 Å². The Morgan fingerprint density at radius 2 is 2.17 bits per heavy atom. The van der Waals surface area contributed by atoms with Crippen LogP contribution in [0.3, 0.4) is 0 Å². The number of methoxy groups -OCH3 is 1. The summed E-state index contributed by atoms with van der Waals surface area (Å²) in [5.74, 6) is -0.0284. The summed E-state index contributed by atoms with van der Waals surface area (Å²) < 4.78 is 6.64. The Bertz CT molecular complexity index is 832. The van der Waals surface area contributed by atoms with Gasteiger partial charge < -0.3 is 10.1 Å². The standard InChI is InChI=1S/C15H14N6O2/c1-10-5-6-11(8-13(10)21-9-17-19-20-21)18-14(22)12-4-3-7-16-15(12)23-2/h3-9H,1-2H3,(H,18,22). The highest BCUT2D eigenvalue weighted by Crippen LogP contribution is 2.20. The molecule has 116 valence electrons. The third-order valence-corrected chi connectivity index (χ3v) is 3.27. The van der Waals surface area contributed by atoms with Crippen LogP contribution in [-0.4, -0.2) is 38.2 Å². The van der Waals surface area contributed by atoms with Gasteiger partial charge in [-0.15, -0.1) is 5.10 Å². The minimum atomic E-state index is -0.304. The van der Waals surface area contributed by atoms with Crippen molar-refractivity contribution < 1.29 is 9.53 Å². The topological polar surface area (TPSA) is 94.8 Å². The molecule has 3 rings (SSSR count). The minimum Gasteiger partial charge on any atom is -0.480 e. The Labute approximate surface area is 132 Å². The second-order valence-corrected chi connectivity index (χ2v) is 4.77. The molecule has 0 atom stereocenters. The van der Waals surface area contributed by atoms with Gasteiger partial charge in [-0.2, -0.15) is 0 Å². The second-order valence-electron chi connectivity index (χ2n) is 4.77. The van der Waals surface area contributed by atoms with Gasteiger partial charge in [0.05, 0.1) is 12.8 Å². The first-order valence-electron chi connectivity index (χ1n) is 6.83. The van der Waals surface area contributed by atoms with Crippen molar-refractivity contribution in [3.8, 4) is 11.6 Å². The van der Waals surface area contributed by atoms with E-state index in [0.29, 0.717) is 11.3 Å². The maximum Gasteiger partial charge on any atom is 0.261 e. The summed E-state index contributed by atoms with van der Waals surface area (Å²) in [6.45, 7) is 1.94. The Morgan fingerprint density at radius 3 is 2.91 bits per heavy atom. The number of rotatable bonds is 4. The Kier molecular flexibility index (Phi) is 3.96. The normalized spacial score (nSPS) is 10.3. The van der Waals surface area contributed by atoms with Crippen molar-refractivity contribution in [2.45, 2.75) is 6.92 Å². The zero-order chi connectivity index (χ0) is 16.2. The van der Waals surface area contributed by atoms with Crippen molar-refractivity contribution >= 4 is 11.6 Å². The first-order chi connectivity index (χ1) is 11.2. The molecule has 8 heteroatoms. The average Bonchev–Trinajstić information content (AvgIpc) is 3.10. The van der Waals surface area contributed by atoms with E-state index in [2.05, 4.69) is 25.8 Å². The van der Waals surface area contributed by atoms with Crippen LogP contribution in [0.25, 0.3) is 5.69 Å². The molecule has 1 aromatic carbocycles. The molecule has 0 aliphatic heterocycles. The van der Waals surface area contributed by atoms with Crippen molar-refractivity contribution in [1.82, 2.24) is 25.2 Å². The van der Waals surface area contributed by atoms with E-state index in [9.17, 15) is 4.79 Å². The number of carbonyl (C=O) groups is 1. The number of aromatic nitrogens is 5. The summed E-state index contributed by atoms with van der Waals surface area (Å²) in [6.07, 6.45) is 3.06. The molecule has 0 saturated heterocycles. The van der Waals surface area contributed by atoms with Crippen LogP contribution in [0, 0.1) is 6.92 Å². The lowest BCUT2D eigenvalue weighted by atomic mass is 10.1. The van der Waals surface area contributed by atoms with Crippen molar-refractivity contribution in [3.63, 3.8) is 0 Å². The lowest BCUT2D eigenvalue weighted by Gasteiger charge is -2.10. The summed E-state index contributed by atoms with van der Waals surface area (Å²) in [4.78, 5) is 16.4. The van der Waals surface area contributed by atoms with Gasteiger partial charge in [0.25, 0.3) is 5.91 Å². The number of amides is 1. The van der Waals surface area contributed by atoms with Crippen LogP contribution < -0.4 is 10.1 Å². The molecule has 1 amide bonds. The fourth-order valence-electron chi connectivity index (χ4n) is 2.13. The number of anilines is 1. The van der Waals surface area contributed by atoms with E-state index < -0.39 is 0 Å². The Balaban J connectivity index is 1.89. The lowest BCUT2D eigenvalue weighted by Crippen LogP contribution is -2.14. The van der Waals surface area contributed by atoms with Crippen LogP contribution in [0.4, 0.5) is 5.69 Å². The van der Waals surface area contributed by atoms with Crippen molar-refractivity contribution in [2.75, 3.05) is 12.4 Å². The van der Waals surface area contributed by atoms with Crippen molar-refractivity contribution in [3.05, 3.63) is 54.0 Å². The number of hydrogen-bond donors (Lipinski definition) is 1. The Hall–Kier alpha value is -3.29. The second kappa shape index (κ2) is 6.22. The van der Waals surface area contributed by atoms with Crippen molar-refractivity contribution in [1.29, 1.82) is 0 Å². The molecule has 0 spiro atoms. The van der Waals surface area contributed by atoms with E-state index in [1.165, 1.54) is 18.1 Å². The van der Waals surface area contributed by atoms with E-state index >= 15 is 0 Å². The predicted molar refractivity (Wildman–Crippen MR) is 82.6 cm³/mol. The van der Waals surface area contributed by atoms with E-state index in [0.717, 1.165) is 11.3 Å². The Morgan fingerprint density at radius 1 is 1.30 bits per heavy atom. The fraction of sp³-hybridized carbons (Fsp3) is 0.133. The molecule has 0 saturated carbocycles. The summed E-state index contributed by atoms with van der Waals surface area (Å²) in [6, 6.07) is 8.82. The molecule has 8 nitrogen and oxygen atoms in total. The third kappa shape index (κ3) is 3.00. The molecule has 0 bridgehead atoms. The number of tetrazole rings is 1. The molecule has 2 heterocycles. The van der Waals surface area contributed by atoms with Gasteiger partial charge in [-0.25, -0.2) is 9.67 Å². The van der Waals surface area contributed by atoms with E-state index in [1.807, 2.05) is 19.1 Å². The maximum absolute atomic E-state index is 12.4. The largest absolute Gasteiger partial charge is 0.480 e. The van der Waals surface area contributed by atoms with E-state index in [4.69, 9.17) is 4.74 Å². The molecule has 23 heavy (non-hydrogen) atoms. The number of pyridine rings is 1. The maximum atomic E-state index is 12.4. The van der Waals surface area contributed by atoms with Gasteiger partial charge in [0, 0.05) is 11.9 Å². The van der Waals surface area contributed by atoms with Gasteiger partial charge in [0.15, 0.2) is 0 Å². The number of hydrogen-bond acceptors (Lipinski definition) is 6. The number of nitrogens with zero attached hydrogens (tertiary/aromatic N) is 5. The quantitative estimate of drug-likeness (QED) is 0.787. The molecule has 1 N–H and O–H groups in total. The summed E-state index contributed by atoms with van der Waals surface area (Å²) >= 11 is 0. The highest BCUT2D eigenvalue weighted by molar-refractivity contribution is 6.05. The highest BCUT2D eigenvalue weighted by Gasteiger charge is 2.14. The first-order valence-corrected chi connectivity index (χ1v) is 6.83. The molecule has 0 unspecified atom stereocenters. The van der Waals surface area contributed by atoms with E-state index in [1.54, 1.807) is 24.4 Å².